The third-order valence-corrected chi connectivity index (χ3v) is 7.26. The Balaban J connectivity index is 1.66. The van der Waals surface area contributed by atoms with Crippen molar-refractivity contribution in [3.8, 4) is 0 Å². The minimum atomic E-state index is -0.606. The summed E-state index contributed by atoms with van der Waals surface area (Å²) in [6.07, 6.45) is 7.22. The Morgan fingerprint density at radius 2 is 1.91 bits per heavy atom. The van der Waals surface area contributed by atoms with E-state index in [0.717, 1.165) is 50.8 Å². The number of ether oxygens (including phenoxy) is 2. The van der Waals surface area contributed by atoms with Gasteiger partial charge in [-0.05, 0) is 70.1 Å². The zero-order valence-corrected chi connectivity index (χ0v) is 20.9. The van der Waals surface area contributed by atoms with Gasteiger partial charge in [-0.1, -0.05) is 38.3 Å². The summed E-state index contributed by atoms with van der Waals surface area (Å²) in [6.45, 7) is 10.7. The standard InChI is InChI=1S/C24H41N5O4/c1-6-16(7-2)15-32-22(30)20-13-19-12-17(9-11-21-25-27-28-26-21)8-10-18(19)14-29(20)23(31)33-24(3,4)5/h16-20H,6-15H2,1-5H3,(H,25,26,27,28)/t17-,18+,19-,20+/m1/s1. The summed E-state index contributed by atoms with van der Waals surface area (Å²) in [5, 5.41) is 14.3. The lowest BCUT2D eigenvalue weighted by Gasteiger charge is -2.46. The first-order valence-electron chi connectivity index (χ1n) is 12.6. The zero-order chi connectivity index (χ0) is 24.0. The van der Waals surface area contributed by atoms with Gasteiger partial charge in [0.2, 0.25) is 0 Å². The van der Waals surface area contributed by atoms with Crippen LogP contribution >= 0.6 is 0 Å². The van der Waals surface area contributed by atoms with Crippen molar-refractivity contribution in [1.29, 1.82) is 0 Å². The number of amides is 1. The number of hydrogen-bond donors (Lipinski definition) is 1. The maximum atomic E-state index is 13.2. The summed E-state index contributed by atoms with van der Waals surface area (Å²) in [6, 6.07) is -0.577. The lowest BCUT2D eigenvalue weighted by Crippen LogP contribution is -2.56. The Labute approximate surface area is 197 Å². The van der Waals surface area contributed by atoms with E-state index < -0.39 is 17.7 Å². The van der Waals surface area contributed by atoms with E-state index in [2.05, 4.69) is 34.5 Å². The Bertz CT molecular complexity index is 759. The van der Waals surface area contributed by atoms with Crippen molar-refractivity contribution >= 4 is 12.1 Å². The van der Waals surface area contributed by atoms with Crippen LogP contribution in [0.25, 0.3) is 0 Å². The van der Waals surface area contributed by atoms with Gasteiger partial charge in [-0.25, -0.2) is 9.59 Å². The van der Waals surface area contributed by atoms with E-state index in [-0.39, 0.29) is 5.97 Å². The molecule has 0 radical (unpaired) electrons. The summed E-state index contributed by atoms with van der Waals surface area (Å²) in [7, 11) is 0. The fraction of sp³-hybridized carbons (Fsp3) is 0.875. The molecule has 0 bridgehead atoms. The quantitative estimate of drug-likeness (QED) is 0.577. The molecule has 4 atom stereocenters. The topological polar surface area (TPSA) is 110 Å². The molecule has 0 spiro atoms. The molecule has 1 amide bonds. The average Bonchev–Trinajstić information content (AvgIpc) is 3.29. The number of hydrogen-bond acceptors (Lipinski definition) is 7. The third kappa shape index (κ3) is 7.14. The third-order valence-electron chi connectivity index (χ3n) is 7.26. The van der Waals surface area contributed by atoms with E-state index in [0.29, 0.717) is 43.2 Å². The van der Waals surface area contributed by atoms with Crippen molar-refractivity contribution < 1.29 is 19.1 Å². The van der Waals surface area contributed by atoms with Crippen LogP contribution in [0.15, 0.2) is 0 Å². The van der Waals surface area contributed by atoms with Crippen molar-refractivity contribution in [3.05, 3.63) is 5.82 Å². The van der Waals surface area contributed by atoms with Crippen molar-refractivity contribution in [1.82, 2.24) is 25.5 Å². The molecule has 1 saturated carbocycles. The van der Waals surface area contributed by atoms with Gasteiger partial charge in [-0.15, -0.1) is 10.2 Å². The number of nitrogens with zero attached hydrogens (tertiary/aromatic N) is 4. The molecule has 1 aliphatic carbocycles. The van der Waals surface area contributed by atoms with E-state index in [9.17, 15) is 9.59 Å². The molecule has 0 unspecified atom stereocenters. The number of nitrogens with one attached hydrogen (secondary N) is 1. The highest BCUT2D eigenvalue weighted by Gasteiger charge is 2.45. The predicted octanol–water partition coefficient (Wildman–Crippen LogP) is 4.15. The number of H-pyrrole nitrogens is 1. The number of aromatic nitrogens is 4. The maximum absolute atomic E-state index is 13.2. The van der Waals surface area contributed by atoms with Gasteiger partial charge in [0.05, 0.1) is 6.61 Å². The molecule has 1 N–H and O–H groups in total. The SMILES string of the molecule is CCC(CC)COC(=O)[C@@H]1C[C@H]2C[C@@H](CCc3nn[nH]n3)CC[C@H]2CN1C(=O)OC(C)(C)C. The second-order valence-electron chi connectivity index (χ2n) is 10.8. The van der Waals surface area contributed by atoms with Crippen LogP contribution in [0.5, 0.6) is 0 Å². The Morgan fingerprint density at radius 1 is 1.15 bits per heavy atom. The molecule has 3 rings (SSSR count). The van der Waals surface area contributed by atoms with Crippen LogP contribution < -0.4 is 0 Å². The van der Waals surface area contributed by atoms with Gasteiger partial charge < -0.3 is 9.47 Å². The Morgan fingerprint density at radius 3 is 2.55 bits per heavy atom. The number of carbonyl (C=O) groups is 2. The predicted molar refractivity (Wildman–Crippen MR) is 123 cm³/mol. The Kier molecular flexibility index (Phi) is 8.70. The molecule has 33 heavy (non-hydrogen) atoms. The summed E-state index contributed by atoms with van der Waals surface area (Å²) in [5.41, 5.74) is -0.606. The molecule has 1 saturated heterocycles. The molecule has 9 nitrogen and oxygen atoms in total. The number of tetrazole rings is 1. The number of carbonyl (C=O) groups excluding carboxylic acids is 2. The molecule has 2 heterocycles. The molecule has 186 valence electrons. The number of aromatic amines is 1. The second-order valence-corrected chi connectivity index (χ2v) is 10.8. The van der Waals surface area contributed by atoms with E-state index in [1.54, 1.807) is 4.90 Å². The lowest BCUT2D eigenvalue weighted by molar-refractivity contribution is -0.155. The molecular formula is C24H41N5O4. The number of piperidine rings is 1. The first-order valence-corrected chi connectivity index (χ1v) is 12.6. The number of fused-ring (bicyclic) bond motifs is 1. The fourth-order valence-corrected chi connectivity index (χ4v) is 5.20. The molecular weight excluding hydrogens is 422 g/mol. The van der Waals surface area contributed by atoms with Crippen LogP contribution in [-0.4, -0.2) is 62.4 Å². The van der Waals surface area contributed by atoms with Gasteiger partial charge in [0.25, 0.3) is 0 Å². The van der Waals surface area contributed by atoms with Gasteiger partial charge in [-0.2, -0.15) is 5.21 Å². The summed E-state index contributed by atoms with van der Waals surface area (Å²) in [5.74, 6) is 2.17. The minimum Gasteiger partial charge on any atom is -0.464 e. The summed E-state index contributed by atoms with van der Waals surface area (Å²) < 4.78 is 11.4. The monoisotopic (exact) mass is 463 g/mol. The van der Waals surface area contributed by atoms with Crippen molar-refractivity contribution in [2.45, 2.75) is 97.6 Å². The lowest BCUT2D eigenvalue weighted by atomic mass is 9.68. The number of rotatable bonds is 8. The molecule has 2 aliphatic rings. The fourth-order valence-electron chi connectivity index (χ4n) is 5.20. The van der Waals surface area contributed by atoms with E-state index >= 15 is 0 Å². The number of esters is 1. The molecule has 2 fully saturated rings. The van der Waals surface area contributed by atoms with Crippen molar-refractivity contribution in [2.75, 3.05) is 13.2 Å². The van der Waals surface area contributed by atoms with Gasteiger partial charge in [0.15, 0.2) is 5.82 Å². The van der Waals surface area contributed by atoms with Crippen LogP contribution in [-0.2, 0) is 20.7 Å². The maximum Gasteiger partial charge on any atom is 0.411 e. The smallest absolute Gasteiger partial charge is 0.411 e. The van der Waals surface area contributed by atoms with E-state index in [1.807, 2.05) is 20.8 Å². The van der Waals surface area contributed by atoms with Crippen LogP contribution in [0.2, 0.25) is 0 Å². The molecule has 0 aromatic carbocycles. The highest BCUT2D eigenvalue weighted by atomic mass is 16.6. The summed E-state index contributed by atoms with van der Waals surface area (Å²) in [4.78, 5) is 27.8. The Hall–Kier alpha value is -2.19. The number of aryl methyl sites for hydroxylation is 1. The molecule has 1 aromatic heterocycles. The van der Waals surface area contributed by atoms with Crippen LogP contribution in [0.4, 0.5) is 4.79 Å². The van der Waals surface area contributed by atoms with Gasteiger partial charge in [-0.3, -0.25) is 4.90 Å². The normalized spacial score (nSPS) is 25.6. The van der Waals surface area contributed by atoms with E-state index in [1.165, 1.54) is 0 Å². The van der Waals surface area contributed by atoms with Gasteiger partial charge in [0.1, 0.15) is 11.6 Å². The van der Waals surface area contributed by atoms with Crippen molar-refractivity contribution in [2.24, 2.45) is 23.7 Å². The first-order chi connectivity index (χ1) is 15.7. The van der Waals surface area contributed by atoms with Crippen LogP contribution in [0.1, 0.15) is 85.4 Å². The molecule has 9 heteroatoms. The van der Waals surface area contributed by atoms with Gasteiger partial charge in [0, 0.05) is 13.0 Å². The van der Waals surface area contributed by atoms with Crippen LogP contribution in [0.3, 0.4) is 0 Å². The first kappa shape index (κ1) is 25.4. The highest BCUT2D eigenvalue weighted by molar-refractivity contribution is 5.82. The summed E-state index contributed by atoms with van der Waals surface area (Å²) >= 11 is 0. The minimum absolute atomic E-state index is 0.292. The van der Waals surface area contributed by atoms with Gasteiger partial charge >= 0.3 is 12.1 Å². The zero-order valence-electron chi connectivity index (χ0n) is 20.9. The average molecular weight is 464 g/mol. The largest absolute Gasteiger partial charge is 0.464 e. The highest BCUT2D eigenvalue weighted by Crippen LogP contribution is 2.43. The molecule has 1 aromatic rings. The number of likely N-dealkylation sites (tertiary alicyclic amines) is 1. The molecule has 1 aliphatic heterocycles. The second kappa shape index (κ2) is 11.3. The van der Waals surface area contributed by atoms with Crippen LogP contribution in [0, 0.1) is 23.7 Å². The van der Waals surface area contributed by atoms with Crippen molar-refractivity contribution in [3.63, 3.8) is 0 Å². The van der Waals surface area contributed by atoms with E-state index in [4.69, 9.17) is 9.47 Å².